The van der Waals surface area contributed by atoms with Gasteiger partial charge in [0.05, 0.1) is 0 Å². The Labute approximate surface area is 114 Å². The Hall–Kier alpha value is 0.310. The molecule has 17 heavy (non-hydrogen) atoms. The van der Waals surface area contributed by atoms with Gasteiger partial charge in [-0.1, -0.05) is 40.5 Å². The maximum absolute atomic E-state index is 4.50. The van der Waals surface area contributed by atoms with Crippen molar-refractivity contribution in [3.8, 4) is 0 Å². The molecule has 0 aliphatic heterocycles. The van der Waals surface area contributed by atoms with Gasteiger partial charge in [0.15, 0.2) is 0 Å². The molecular formula is C15H31NS. The predicted octanol–water partition coefficient (Wildman–Crippen LogP) is 4.23. The minimum atomic E-state index is 0.350. The zero-order valence-electron chi connectivity index (χ0n) is 12.2. The van der Waals surface area contributed by atoms with Crippen LogP contribution < -0.4 is 0 Å². The third kappa shape index (κ3) is 5.65. The smallest absolute Gasteiger partial charge is 0.00954 e. The van der Waals surface area contributed by atoms with Gasteiger partial charge >= 0.3 is 0 Å². The van der Waals surface area contributed by atoms with Crippen LogP contribution in [0.3, 0.4) is 0 Å². The van der Waals surface area contributed by atoms with Gasteiger partial charge in [-0.05, 0) is 42.9 Å². The molecule has 0 radical (unpaired) electrons. The van der Waals surface area contributed by atoms with E-state index in [-0.39, 0.29) is 0 Å². The van der Waals surface area contributed by atoms with Gasteiger partial charge in [0, 0.05) is 12.6 Å². The maximum Gasteiger partial charge on any atom is 0.00954 e. The van der Waals surface area contributed by atoms with E-state index in [2.05, 4.69) is 45.2 Å². The van der Waals surface area contributed by atoms with Gasteiger partial charge in [0.25, 0.3) is 0 Å². The van der Waals surface area contributed by atoms with Crippen LogP contribution in [0.1, 0.15) is 59.8 Å². The third-order valence-electron chi connectivity index (χ3n) is 3.89. The summed E-state index contributed by atoms with van der Waals surface area (Å²) < 4.78 is 0. The van der Waals surface area contributed by atoms with E-state index in [9.17, 15) is 0 Å². The summed E-state index contributed by atoms with van der Waals surface area (Å²) in [6.07, 6.45) is 7.04. The molecule has 0 spiro atoms. The van der Waals surface area contributed by atoms with E-state index >= 15 is 0 Å². The molecule has 1 aliphatic carbocycles. The largest absolute Gasteiger partial charge is 0.300 e. The Bertz CT molecular complexity index is 207. The van der Waals surface area contributed by atoms with Crippen molar-refractivity contribution in [2.75, 3.05) is 18.8 Å². The fraction of sp³-hybridized carbons (Fsp3) is 1.00. The van der Waals surface area contributed by atoms with Crippen molar-refractivity contribution in [2.45, 2.75) is 65.8 Å². The Morgan fingerprint density at radius 3 is 2.29 bits per heavy atom. The van der Waals surface area contributed by atoms with Crippen LogP contribution in [-0.4, -0.2) is 29.8 Å². The standard InChI is InChI=1S/C15H31NS/c1-13(2)9-10-16(11-15(3,4)12-17)14-7-5-6-8-14/h13-14,17H,5-12H2,1-4H3. The minimum Gasteiger partial charge on any atom is -0.300 e. The first kappa shape index (κ1) is 15.4. The summed E-state index contributed by atoms with van der Waals surface area (Å²) in [6.45, 7) is 11.8. The first-order valence-electron chi connectivity index (χ1n) is 7.29. The molecule has 0 aromatic heterocycles. The topological polar surface area (TPSA) is 3.24 Å². The highest BCUT2D eigenvalue weighted by atomic mass is 32.1. The highest BCUT2D eigenvalue weighted by Gasteiger charge is 2.27. The average molecular weight is 257 g/mol. The molecule has 0 bridgehead atoms. The molecule has 0 unspecified atom stereocenters. The normalized spacial score (nSPS) is 18.5. The fourth-order valence-electron chi connectivity index (χ4n) is 2.68. The van der Waals surface area contributed by atoms with Gasteiger partial charge in [-0.25, -0.2) is 0 Å². The minimum absolute atomic E-state index is 0.350. The summed E-state index contributed by atoms with van der Waals surface area (Å²) in [5, 5.41) is 0. The highest BCUT2D eigenvalue weighted by Crippen LogP contribution is 2.28. The first-order chi connectivity index (χ1) is 7.94. The zero-order chi connectivity index (χ0) is 12.9. The summed E-state index contributed by atoms with van der Waals surface area (Å²) in [6, 6.07) is 0.855. The van der Waals surface area contributed by atoms with Crippen molar-refractivity contribution in [2.24, 2.45) is 11.3 Å². The van der Waals surface area contributed by atoms with Crippen LogP contribution >= 0.6 is 12.6 Å². The highest BCUT2D eigenvalue weighted by molar-refractivity contribution is 7.80. The van der Waals surface area contributed by atoms with Crippen molar-refractivity contribution in [3.63, 3.8) is 0 Å². The lowest BCUT2D eigenvalue weighted by molar-refractivity contribution is 0.135. The van der Waals surface area contributed by atoms with Crippen LogP contribution in [0.25, 0.3) is 0 Å². The lowest BCUT2D eigenvalue weighted by Gasteiger charge is -2.36. The molecule has 1 nitrogen and oxygen atoms in total. The Kier molecular flexibility index (Phi) is 6.36. The second kappa shape index (κ2) is 7.04. The molecule has 0 saturated heterocycles. The van der Waals surface area contributed by atoms with Crippen molar-refractivity contribution in [3.05, 3.63) is 0 Å². The number of thiol groups is 1. The van der Waals surface area contributed by atoms with E-state index < -0.39 is 0 Å². The van der Waals surface area contributed by atoms with E-state index in [0.717, 1.165) is 17.7 Å². The van der Waals surface area contributed by atoms with Crippen molar-refractivity contribution < 1.29 is 0 Å². The number of hydrogen-bond acceptors (Lipinski definition) is 2. The second-order valence-electron chi connectivity index (χ2n) is 6.91. The molecule has 2 heteroatoms. The van der Waals surface area contributed by atoms with E-state index in [4.69, 9.17) is 0 Å². The van der Waals surface area contributed by atoms with Crippen molar-refractivity contribution in [1.29, 1.82) is 0 Å². The predicted molar refractivity (Wildman–Crippen MR) is 80.9 cm³/mol. The lowest BCUT2D eigenvalue weighted by Crippen LogP contribution is -2.42. The van der Waals surface area contributed by atoms with Crippen LogP contribution in [0, 0.1) is 11.3 Å². The van der Waals surface area contributed by atoms with Crippen LogP contribution in [0.2, 0.25) is 0 Å². The lowest BCUT2D eigenvalue weighted by atomic mass is 9.94. The van der Waals surface area contributed by atoms with Gasteiger partial charge < -0.3 is 0 Å². The number of rotatable bonds is 7. The van der Waals surface area contributed by atoms with Crippen LogP contribution in [0.4, 0.5) is 0 Å². The summed E-state index contributed by atoms with van der Waals surface area (Å²) in [5.41, 5.74) is 0.350. The average Bonchev–Trinajstić information content (AvgIpc) is 2.77. The van der Waals surface area contributed by atoms with Gasteiger partial charge in [-0.3, -0.25) is 4.90 Å². The molecule has 0 N–H and O–H groups in total. The van der Waals surface area contributed by atoms with Gasteiger partial charge in [-0.2, -0.15) is 12.6 Å². The van der Waals surface area contributed by atoms with Gasteiger partial charge in [0.2, 0.25) is 0 Å². The molecule has 0 atom stereocenters. The van der Waals surface area contributed by atoms with Crippen molar-refractivity contribution in [1.82, 2.24) is 4.90 Å². The van der Waals surface area contributed by atoms with Crippen molar-refractivity contribution >= 4 is 12.6 Å². The molecule has 0 heterocycles. The van der Waals surface area contributed by atoms with Gasteiger partial charge in [-0.15, -0.1) is 0 Å². The second-order valence-corrected chi connectivity index (χ2v) is 7.23. The molecule has 0 aromatic rings. The Morgan fingerprint density at radius 1 is 1.24 bits per heavy atom. The van der Waals surface area contributed by atoms with Crippen LogP contribution in [-0.2, 0) is 0 Å². The number of hydrogen-bond donors (Lipinski definition) is 1. The quantitative estimate of drug-likeness (QED) is 0.668. The molecule has 0 amide bonds. The fourth-order valence-corrected chi connectivity index (χ4v) is 2.78. The van der Waals surface area contributed by atoms with E-state index in [1.807, 2.05) is 0 Å². The zero-order valence-corrected chi connectivity index (χ0v) is 13.1. The monoisotopic (exact) mass is 257 g/mol. The molecular weight excluding hydrogens is 226 g/mol. The Morgan fingerprint density at radius 2 is 1.82 bits per heavy atom. The van der Waals surface area contributed by atoms with Crippen LogP contribution in [0.15, 0.2) is 0 Å². The maximum atomic E-state index is 4.50. The number of nitrogens with zero attached hydrogens (tertiary/aromatic N) is 1. The van der Waals surface area contributed by atoms with E-state index in [1.54, 1.807) is 0 Å². The Balaban J connectivity index is 2.51. The summed E-state index contributed by atoms with van der Waals surface area (Å²) in [7, 11) is 0. The SMILES string of the molecule is CC(C)CCN(CC(C)(C)CS)C1CCCC1. The van der Waals surface area contributed by atoms with Crippen LogP contribution in [0.5, 0.6) is 0 Å². The molecule has 102 valence electrons. The molecule has 1 fully saturated rings. The van der Waals surface area contributed by atoms with Gasteiger partial charge in [0.1, 0.15) is 0 Å². The summed E-state index contributed by atoms with van der Waals surface area (Å²) in [5.74, 6) is 1.80. The molecule has 1 aliphatic rings. The first-order valence-corrected chi connectivity index (χ1v) is 7.93. The third-order valence-corrected chi connectivity index (χ3v) is 4.75. The molecule has 1 rings (SSSR count). The van der Waals surface area contributed by atoms with E-state index in [0.29, 0.717) is 5.41 Å². The molecule has 0 aromatic carbocycles. The summed E-state index contributed by atoms with van der Waals surface area (Å²) in [4.78, 5) is 2.75. The summed E-state index contributed by atoms with van der Waals surface area (Å²) >= 11 is 4.50. The van der Waals surface area contributed by atoms with E-state index in [1.165, 1.54) is 45.2 Å². The molecule has 1 saturated carbocycles.